The zero-order chi connectivity index (χ0) is 13.2. The lowest BCUT2D eigenvalue weighted by molar-refractivity contribution is 0.196. The normalized spacial score (nSPS) is 11.1. The van der Waals surface area contributed by atoms with Crippen LogP contribution in [0.3, 0.4) is 0 Å². The molecule has 0 aliphatic carbocycles. The molecule has 0 aliphatic heterocycles. The fraction of sp³-hybridized carbons (Fsp3) is 0.571. The van der Waals surface area contributed by atoms with Gasteiger partial charge in [0.15, 0.2) is 0 Å². The lowest BCUT2D eigenvalue weighted by atomic mass is 10.2. The van der Waals surface area contributed by atoms with Gasteiger partial charge in [0.2, 0.25) is 0 Å². The molecule has 0 saturated heterocycles. The molecule has 0 radical (unpaired) electrons. The fourth-order valence-electron chi connectivity index (χ4n) is 1.69. The molecule has 2 nitrogen and oxygen atoms in total. The third-order valence-electron chi connectivity index (χ3n) is 2.57. The zero-order valence-electron chi connectivity index (χ0n) is 11.3. The van der Waals surface area contributed by atoms with E-state index in [9.17, 15) is 0 Å². The van der Waals surface area contributed by atoms with Gasteiger partial charge in [-0.25, -0.2) is 0 Å². The molecule has 0 saturated carbocycles. The SMILES string of the molecule is CCCO[SiH](CCc1cccc(Br)c1)OCCC. The second-order valence-corrected chi connectivity index (χ2v) is 7.36. The molecule has 0 fully saturated rings. The molecule has 0 aromatic heterocycles. The van der Waals surface area contributed by atoms with Crippen LogP contribution in [0.15, 0.2) is 28.7 Å². The Morgan fingerprint density at radius 3 is 2.33 bits per heavy atom. The van der Waals surface area contributed by atoms with E-state index in [2.05, 4.69) is 54.0 Å². The lowest BCUT2D eigenvalue weighted by Crippen LogP contribution is -2.24. The van der Waals surface area contributed by atoms with Crippen LogP contribution in [0.2, 0.25) is 6.04 Å². The van der Waals surface area contributed by atoms with Crippen LogP contribution in [0.25, 0.3) is 0 Å². The Morgan fingerprint density at radius 1 is 1.11 bits per heavy atom. The largest absolute Gasteiger partial charge is 0.397 e. The number of hydrogen-bond donors (Lipinski definition) is 0. The topological polar surface area (TPSA) is 18.5 Å². The Hall–Kier alpha value is -0.163. The molecule has 1 aromatic carbocycles. The van der Waals surface area contributed by atoms with Gasteiger partial charge in [0.1, 0.15) is 0 Å². The molecule has 0 spiro atoms. The molecule has 1 aromatic rings. The van der Waals surface area contributed by atoms with E-state index in [4.69, 9.17) is 8.85 Å². The summed E-state index contributed by atoms with van der Waals surface area (Å²) in [5.74, 6) is 0. The van der Waals surface area contributed by atoms with E-state index in [1.807, 2.05) is 0 Å². The number of hydrogen-bond acceptors (Lipinski definition) is 2. The second kappa shape index (κ2) is 9.73. The Labute approximate surface area is 121 Å². The van der Waals surface area contributed by atoms with Crippen molar-refractivity contribution in [3.63, 3.8) is 0 Å². The monoisotopic (exact) mass is 330 g/mol. The molecule has 0 heterocycles. The Balaban J connectivity index is 2.39. The van der Waals surface area contributed by atoms with Crippen LogP contribution >= 0.6 is 15.9 Å². The van der Waals surface area contributed by atoms with E-state index in [0.717, 1.165) is 43.0 Å². The second-order valence-electron chi connectivity index (χ2n) is 4.34. The van der Waals surface area contributed by atoms with Gasteiger partial charge in [0, 0.05) is 17.7 Å². The van der Waals surface area contributed by atoms with Crippen molar-refractivity contribution in [1.82, 2.24) is 0 Å². The highest BCUT2D eigenvalue weighted by molar-refractivity contribution is 9.10. The molecular formula is C14H23BrO2Si. The smallest absolute Gasteiger partial charge is 0.321 e. The lowest BCUT2D eigenvalue weighted by Gasteiger charge is -2.16. The van der Waals surface area contributed by atoms with Gasteiger partial charge < -0.3 is 8.85 Å². The fourth-order valence-corrected chi connectivity index (χ4v) is 4.13. The molecule has 102 valence electrons. The third-order valence-corrected chi connectivity index (χ3v) is 5.04. The Morgan fingerprint density at radius 2 is 1.78 bits per heavy atom. The highest BCUT2D eigenvalue weighted by Crippen LogP contribution is 2.14. The molecule has 18 heavy (non-hydrogen) atoms. The maximum atomic E-state index is 5.85. The van der Waals surface area contributed by atoms with Crippen LogP contribution in [0.1, 0.15) is 32.3 Å². The highest BCUT2D eigenvalue weighted by Gasteiger charge is 2.12. The first-order valence-electron chi connectivity index (χ1n) is 6.74. The summed E-state index contributed by atoms with van der Waals surface area (Å²) in [6, 6.07) is 9.52. The molecule has 0 atom stereocenters. The van der Waals surface area contributed by atoms with Crippen LogP contribution in [0, 0.1) is 0 Å². The minimum Gasteiger partial charge on any atom is -0.397 e. The van der Waals surface area contributed by atoms with Gasteiger partial charge >= 0.3 is 9.28 Å². The summed E-state index contributed by atoms with van der Waals surface area (Å²) >= 11 is 3.50. The molecule has 0 unspecified atom stereocenters. The standard InChI is InChI=1S/C14H23BrO2Si/c1-3-9-16-18(17-10-4-2)11-8-13-6-5-7-14(15)12-13/h5-7,12,18H,3-4,8-11H2,1-2H3. The van der Waals surface area contributed by atoms with Crippen LogP contribution in [0.5, 0.6) is 0 Å². The zero-order valence-corrected chi connectivity index (χ0v) is 14.1. The van der Waals surface area contributed by atoms with Gasteiger partial charge in [-0.3, -0.25) is 0 Å². The molecular weight excluding hydrogens is 308 g/mol. The first-order chi connectivity index (χ1) is 8.76. The minimum absolute atomic E-state index is 0.832. The molecule has 0 amide bonds. The van der Waals surface area contributed by atoms with Gasteiger partial charge in [0.25, 0.3) is 0 Å². The maximum Gasteiger partial charge on any atom is 0.321 e. The summed E-state index contributed by atoms with van der Waals surface area (Å²) in [7, 11) is -1.47. The predicted molar refractivity (Wildman–Crippen MR) is 82.3 cm³/mol. The van der Waals surface area contributed by atoms with Crippen LogP contribution in [-0.2, 0) is 15.3 Å². The van der Waals surface area contributed by atoms with Crippen molar-refractivity contribution in [1.29, 1.82) is 0 Å². The van der Waals surface area contributed by atoms with E-state index in [1.54, 1.807) is 0 Å². The van der Waals surface area contributed by atoms with E-state index in [1.165, 1.54) is 5.56 Å². The van der Waals surface area contributed by atoms with E-state index >= 15 is 0 Å². The van der Waals surface area contributed by atoms with Crippen molar-refractivity contribution in [2.45, 2.75) is 39.2 Å². The Kier molecular flexibility index (Phi) is 8.59. The summed E-state index contributed by atoms with van der Waals surface area (Å²) in [6.07, 6.45) is 3.18. The van der Waals surface area contributed by atoms with Crippen LogP contribution in [-0.4, -0.2) is 22.5 Å². The number of rotatable bonds is 9. The summed E-state index contributed by atoms with van der Waals surface area (Å²) in [6.45, 7) is 5.94. The van der Waals surface area contributed by atoms with E-state index < -0.39 is 9.28 Å². The van der Waals surface area contributed by atoms with Crippen molar-refractivity contribution in [3.8, 4) is 0 Å². The average Bonchev–Trinajstić information content (AvgIpc) is 2.38. The van der Waals surface area contributed by atoms with Crippen molar-refractivity contribution in [2.24, 2.45) is 0 Å². The van der Waals surface area contributed by atoms with Gasteiger partial charge in [-0.2, -0.15) is 0 Å². The van der Waals surface area contributed by atoms with Gasteiger partial charge in [-0.1, -0.05) is 41.9 Å². The van der Waals surface area contributed by atoms with Gasteiger partial charge in [-0.15, -0.1) is 0 Å². The van der Waals surface area contributed by atoms with Crippen molar-refractivity contribution >= 4 is 25.2 Å². The minimum atomic E-state index is -1.47. The summed E-state index contributed by atoms with van der Waals surface area (Å²) in [5, 5.41) is 0. The molecule has 4 heteroatoms. The van der Waals surface area contributed by atoms with Crippen molar-refractivity contribution in [3.05, 3.63) is 34.3 Å². The summed E-state index contributed by atoms with van der Waals surface area (Å²) < 4.78 is 12.8. The quantitative estimate of drug-likeness (QED) is 0.635. The number of aryl methyl sites for hydroxylation is 1. The summed E-state index contributed by atoms with van der Waals surface area (Å²) in [5.41, 5.74) is 1.35. The van der Waals surface area contributed by atoms with Crippen molar-refractivity contribution in [2.75, 3.05) is 13.2 Å². The molecule has 1 rings (SSSR count). The average molecular weight is 331 g/mol. The summed E-state index contributed by atoms with van der Waals surface area (Å²) in [4.78, 5) is 0. The van der Waals surface area contributed by atoms with Gasteiger partial charge in [0.05, 0.1) is 0 Å². The highest BCUT2D eigenvalue weighted by atomic mass is 79.9. The van der Waals surface area contributed by atoms with Crippen molar-refractivity contribution < 1.29 is 8.85 Å². The van der Waals surface area contributed by atoms with Crippen LogP contribution in [0.4, 0.5) is 0 Å². The molecule has 0 N–H and O–H groups in total. The number of halogens is 1. The number of benzene rings is 1. The first kappa shape index (κ1) is 15.9. The van der Waals surface area contributed by atoms with Gasteiger partial charge in [-0.05, 0) is 43.0 Å². The van der Waals surface area contributed by atoms with Crippen LogP contribution < -0.4 is 0 Å². The molecule has 0 bridgehead atoms. The maximum absolute atomic E-state index is 5.85. The molecule has 0 aliphatic rings. The van der Waals surface area contributed by atoms with E-state index in [-0.39, 0.29) is 0 Å². The first-order valence-corrected chi connectivity index (χ1v) is 9.29. The Bertz CT molecular complexity index is 325. The van der Waals surface area contributed by atoms with E-state index in [0.29, 0.717) is 0 Å². The predicted octanol–water partition coefficient (Wildman–Crippen LogP) is 4.07. The third kappa shape index (κ3) is 6.68.